The first-order chi connectivity index (χ1) is 15.9. The summed E-state index contributed by atoms with van der Waals surface area (Å²) in [4.78, 5) is 0. The molecule has 5 aliphatic carbocycles. The molecular weight excluding hydrogens is 396 g/mol. The van der Waals surface area contributed by atoms with Crippen LogP contribution in [0.4, 0.5) is 0 Å². The summed E-state index contributed by atoms with van der Waals surface area (Å²) in [6, 6.07) is 0. The Labute approximate surface area is 203 Å². The van der Waals surface area contributed by atoms with Gasteiger partial charge in [-0.25, -0.2) is 0 Å². The van der Waals surface area contributed by atoms with Crippen molar-refractivity contribution in [2.24, 2.45) is 58.7 Å². The second-order valence-electron chi connectivity index (χ2n) is 12.6. The van der Waals surface area contributed by atoms with Crippen molar-refractivity contribution in [1.29, 1.82) is 0 Å². The first-order valence-corrected chi connectivity index (χ1v) is 13.6. The highest BCUT2D eigenvalue weighted by molar-refractivity contribution is 5.37. The number of rotatable bonds is 6. The molecule has 0 nitrogen and oxygen atoms in total. The standard InChI is InChI=1S/C33H44/c1-6-7-10-23-20-24(27-12-9-8-11-26(23)27)14-17-30-31-19-22(2)13-16-28(31)29-18-15-25(21-32(29)30)33(3,4)5/h6,8-9,11-13,15-16,18-19,21,23-24,26-32H,1,7,10,14,17,20H2,2-5H3. The fraction of sp³-hybridized carbons (Fsp3) is 0.576. The number of hydrogen-bond acceptors (Lipinski definition) is 0. The Morgan fingerprint density at radius 2 is 1.42 bits per heavy atom. The topological polar surface area (TPSA) is 0 Å². The van der Waals surface area contributed by atoms with Crippen LogP contribution in [0.2, 0.25) is 0 Å². The second-order valence-corrected chi connectivity index (χ2v) is 12.6. The highest BCUT2D eigenvalue weighted by Crippen LogP contribution is 2.56. The zero-order valence-corrected chi connectivity index (χ0v) is 21.3. The normalized spacial score (nSPS) is 40.8. The van der Waals surface area contributed by atoms with E-state index in [0.717, 1.165) is 36.0 Å². The Morgan fingerprint density at radius 3 is 2.09 bits per heavy atom. The molecule has 0 spiro atoms. The molecule has 33 heavy (non-hydrogen) atoms. The Bertz CT molecular complexity index is 926. The van der Waals surface area contributed by atoms with Crippen LogP contribution in [0.5, 0.6) is 0 Å². The molecule has 0 N–H and O–H groups in total. The molecule has 9 unspecified atom stereocenters. The van der Waals surface area contributed by atoms with Crippen LogP contribution in [0.15, 0.2) is 84.6 Å². The highest BCUT2D eigenvalue weighted by Gasteiger charge is 2.49. The summed E-state index contributed by atoms with van der Waals surface area (Å²) in [6.07, 6.45) is 33.7. The van der Waals surface area contributed by atoms with Crippen molar-refractivity contribution >= 4 is 0 Å². The summed E-state index contributed by atoms with van der Waals surface area (Å²) in [5.74, 6) is 6.75. The van der Waals surface area contributed by atoms with E-state index in [0.29, 0.717) is 23.7 Å². The van der Waals surface area contributed by atoms with Gasteiger partial charge in [-0.3, -0.25) is 0 Å². The van der Waals surface area contributed by atoms with Crippen LogP contribution in [0.1, 0.15) is 59.8 Å². The van der Waals surface area contributed by atoms with Gasteiger partial charge in [0.25, 0.3) is 0 Å². The lowest BCUT2D eigenvalue weighted by atomic mass is 9.74. The van der Waals surface area contributed by atoms with Crippen molar-refractivity contribution in [3.63, 3.8) is 0 Å². The van der Waals surface area contributed by atoms with Crippen molar-refractivity contribution in [1.82, 2.24) is 0 Å². The van der Waals surface area contributed by atoms with Crippen LogP contribution < -0.4 is 0 Å². The molecule has 0 heterocycles. The van der Waals surface area contributed by atoms with Crippen LogP contribution in [-0.4, -0.2) is 0 Å². The van der Waals surface area contributed by atoms with E-state index in [1.54, 1.807) is 5.57 Å². The van der Waals surface area contributed by atoms with Crippen molar-refractivity contribution in [2.45, 2.75) is 59.8 Å². The van der Waals surface area contributed by atoms with Gasteiger partial charge < -0.3 is 0 Å². The summed E-state index contributed by atoms with van der Waals surface area (Å²) in [5.41, 5.74) is 3.25. The lowest BCUT2D eigenvalue weighted by Crippen LogP contribution is -2.22. The largest absolute Gasteiger partial charge is 0.103 e. The SMILES string of the molecule is C=CCCC1CC(CCC2C3C=C(C)C=CC3C3C=CC(C(C)(C)C)=CC32)C2C=CC=CC12. The van der Waals surface area contributed by atoms with E-state index in [2.05, 4.69) is 101 Å². The van der Waals surface area contributed by atoms with Gasteiger partial charge in [-0.2, -0.15) is 0 Å². The maximum atomic E-state index is 3.99. The molecule has 5 aliphatic rings. The Kier molecular flexibility index (Phi) is 6.32. The zero-order chi connectivity index (χ0) is 23.2. The third-order valence-corrected chi connectivity index (χ3v) is 9.62. The van der Waals surface area contributed by atoms with Crippen LogP contribution >= 0.6 is 0 Å². The molecule has 0 aromatic carbocycles. The Morgan fingerprint density at radius 1 is 0.788 bits per heavy atom. The van der Waals surface area contributed by atoms with E-state index >= 15 is 0 Å². The van der Waals surface area contributed by atoms with Gasteiger partial charge in [0.15, 0.2) is 0 Å². The minimum absolute atomic E-state index is 0.234. The summed E-state index contributed by atoms with van der Waals surface area (Å²) in [6.45, 7) is 13.4. The molecule has 0 heteroatoms. The minimum atomic E-state index is 0.234. The van der Waals surface area contributed by atoms with Crippen LogP contribution in [0.3, 0.4) is 0 Å². The molecule has 9 atom stereocenters. The van der Waals surface area contributed by atoms with Gasteiger partial charge in [0, 0.05) is 0 Å². The lowest BCUT2D eigenvalue weighted by molar-refractivity contribution is 0.289. The zero-order valence-electron chi connectivity index (χ0n) is 21.3. The summed E-state index contributed by atoms with van der Waals surface area (Å²) >= 11 is 0. The molecule has 0 aliphatic heterocycles. The van der Waals surface area contributed by atoms with Crippen molar-refractivity contribution < 1.29 is 0 Å². The van der Waals surface area contributed by atoms with Crippen molar-refractivity contribution in [3.8, 4) is 0 Å². The maximum absolute atomic E-state index is 3.99. The molecule has 5 rings (SSSR count). The molecule has 0 aromatic rings. The molecule has 0 saturated heterocycles. The first kappa shape index (κ1) is 22.9. The third-order valence-electron chi connectivity index (χ3n) is 9.62. The Balaban J connectivity index is 1.36. The van der Waals surface area contributed by atoms with Gasteiger partial charge in [0.2, 0.25) is 0 Å². The smallest absolute Gasteiger partial charge is 0.00954 e. The maximum Gasteiger partial charge on any atom is -0.00954 e. The first-order valence-electron chi connectivity index (χ1n) is 13.6. The van der Waals surface area contributed by atoms with Gasteiger partial charge in [-0.15, -0.1) is 6.58 Å². The quantitative estimate of drug-likeness (QED) is 0.362. The van der Waals surface area contributed by atoms with Gasteiger partial charge in [0.05, 0.1) is 0 Å². The van der Waals surface area contributed by atoms with E-state index in [9.17, 15) is 0 Å². The van der Waals surface area contributed by atoms with Gasteiger partial charge in [0.1, 0.15) is 0 Å². The van der Waals surface area contributed by atoms with E-state index in [-0.39, 0.29) is 5.41 Å². The monoisotopic (exact) mass is 440 g/mol. The molecule has 0 bridgehead atoms. The minimum Gasteiger partial charge on any atom is -0.103 e. The number of allylic oxidation sites excluding steroid dienone is 13. The van der Waals surface area contributed by atoms with Crippen LogP contribution in [-0.2, 0) is 0 Å². The third kappa shape index (κ3) is 4.36. The second kappa shape index (κ2) is 9.09. The predicted octanol–water partition coefficient (Wildman–Crippen LogP) is 8.88. The molecule has 0 amide bonds. The number of fused-ring (bicyclic) bond motifs is 4. The average Bonchev–Trinajstić information content (AvgIpc) is 3.30. The summed E-state index contributed by atoms with van der Waals surface area (Å²) in [7, 11) is 0. The molecule has 176 valence electrons. The summed E-state index contributed by atoms with van der Waals surface area (Å²) in [5, 5.41) is 0. The highest BCUT2D eigenvalue weighted by atomic mass is 14.5. The summed E-state index contributed by atoms with van der Waals surface area (Å²) < 4.78 is 0. The molecule has 2 saturated carbocycles. The van der Waals surface area contributed by atoms with E-state index in [1.807, 2.05) is 0 Å². The molecular formula is C33H44. The van der Waals surface area contributed by atoms with E-state index in [4.69, 9.17) is 0 Å². The molecule has 2 fully saturated rings. The average molecular weight is 441 g/mol. The fourth-order valence-corrected chi connectivity index (χ4v) is 7.95. The van der Waals surface area contributed by atoms with Crippen LogP contribution in [0, 0.1) is 58.7 Å². The van der Waals surface area contributed by atoms with Crippen molar-refractivity contribution in [3.05, 3.63) is 84.6 Å². The molecule has 0 radical (unpaired) electrons. The van der Waals surface area contributed by atoms with Gasteiger partial charge in [-0.1, -0.05) is 93.2 Å². The van der Waals surface area contributed by atoms with Gasteiger partial charge >= 0.3 is 0 Å². The lowest BCUT2D eigenvalue weighted by Gasteiger charge is -2.31. The van der Waals surface area contributed by atoms with E-state index in [1.165, 1.54) is 31.3 Å². The van der Waals surface area contributed by atoms with Gasteiger partial charge in [-0.05, 0) is 103 Å². The van der Waals surface area contributed by atoms with Crippen LogP contribution in [0.25, 0.3) is 0 Å². The number of hydrogen-bond donors (Lipinski definition) is 0. The Hall–Kier alpha value is -1.82. The van der Waals surface area contributed by atoms with Crippen molar-refractivity contribution in [2.75, 3.05) is 0 Å². The fourth-order valence-electron chi connectivity index (χ4n) is 7.95. The van der Waals surface area contributed by atoms with E-state index < -0.39 is 0 Å². The predicted molar refractivity (Wildman–Crippen MR) is 143 cm³/mol. The molecule has 0 aromatic heterocycles.